The van der Waals surface area contributed by atoms with Crippen LogP contribution in [0.25, 0.3) is 0 Å². The van der Waals surface area contributed by atoms with Crippen LogP contribution in [0.2, 0.25) is 0 Å². The maximum absolute atomic E-state index is 10.1. The second kappa shape index (κ2) is 6.84. The summed E-state index contributed by atoms with van der Waals surface area (Å²) in [6.07, 6.45) is -3.65. The van der Waals surface area contributed by atoms with E-state index in [1.54, 1.807) is 0 Å². The number of hydrogen-bond acceptors (Lipinski definition) is 8. The molecule has 2 fully saturated rings. The number of ether oxygens (including phenoxy) is 2. The summed E-state index contributed by atoms with van der Waals surface area (Å²) in [6, 6.07) is -1.32. The lowest BCUT2D eigenvalue weighted by Crippen LogP contribution is -2.63. The highest BCUT2D eigenvalue weighted by Gasteiger charge is 2.44. The van der Waals surface area contributed by atoms with E-state index in [0.29, 0.717) is 19.3 Å². The topological polar surface area (TPSA) is 157 Å². The Morgan fingerprint density at radius 2 is 1.76 bits per heavy atom. The Bertz CT molecular complexity index is 346. The fourth-order valence-corrected chi connectivity index (χ4v) is 2.94. The monoisotopic (exact) mass is 305 g/mol. The largest absolute Gasteiger partial charge is 0.389 e. The van der Waals surface area contributed by atoms with Crippen LogP contribution in [0, 0.1) is 0 Å². The average Bonchev–Trinajstić information content (AvgIpc) is 2.42. The maximum Gasteiger partial charge on any atom is 0.184 e. The van der Waals surface area contributed by atoms with Gasteiger partial charge in [-0.1, -0.05) is 0 Å². The van der Waals surface area contributed by atoms with Gasteiger partial charge < -0.3 is 42.0 Å². The highest BCUT2D eigenvalue weighted by molar-refractivity contribution is 4.98. The standard InChI is InChI=1S/C13H27N3O5/c1-5(14)9-3-2-8(17)13(20-9)21-12-7(16)4-6(15)10(18)11(12)19/h5-13,17-19H,2-4,14-16H2,1H3/t5-,6-,7+,8+,9?,10+,11-,12-,13-/m1/s1. The minimum Gasteiger partial charge on any atom is -0.389 e. The van der Waals surface area contributed by atoms with E-state index in [0.717, 1.165) is 0 Å². The van der Waals surface area contributed by atoms with Crippen LogP contribution < -0.4 is 17.2 Å². The van der Waals surface area contributed by atoms with Gasteiger partial charge in [-0.05, 0) is 26.2 Å². The molecule has 2 rings (SSSR count). The van der Waals surface area contributed by atoms with Crippen molar-refractivity contribution < 1.29 is 24.8 Å². The van der Waals surface area contributed by atoms with Gasteiger partial charge in [0.05, 0.1) is 12.2 Å². The highest BCUT2D eigenvalue weighted by atomic mass is 16.7. The highest BCUT2D eigenvalue weighted by Crippen LogP contribution is 2.27. The molecule has 1 aliphatic heterocycles. The Balaban J connectivity index is 2.01. The van der Waals surface area contributed by atoms with Gasteiger partial charge in [0, 0.05) is 18.1 Å². The van der Waals surface area contributed by atoms with Crippen molar-refractivity contribution in [3.63, 3.8) is 0 Å². The molecule has 1 heterocycles. The molecule has 0 aromatic heterocycles. The third kappa shape index (κ3) is 3.72. The van der Waals surface area contributed by atoms with Crippen LogP contribution in [0.4, 0.5) is 0 Å². The number of hydrogen-bond donors (Lipinski definition) is 6. The maximum atomic E-state index is 10.1. The van der Waals surface area contributed by atoms with E-state index in [2.05, 4.69) is 0 Å². The normalized spacial score (nSPS) is 49.9. The van der Waals surface area contributed by atoms with E-state index in [1.165, 1.54) is 0 Å². The molecule has 9 N–H and O–H groups in total. The zero-order valence-electron chi connectivity index (χ0n) is 12.2. The molecule has 0 bridgehead atoms. The summed E-state index contributed by atoms with van der Waals surface area (Å²) in [5, 5.41) is 29.9. The Kier molecular flexibility index (Phi) is 5.55. The Hall–Kier alpha value is -0.320. The average molecular weight is 305 g/mol. The van der Waals surface area contributed by atoms with E-state index in [1.807, 2.05) is 6.92 Å². The third-order valence-electron chi connectivity index (χ3n) is 4.34. The van der Waals surface area contributed by atoms with Gasteiger partial charge in [0.2, 0.25) is 0 Å². The van der Waals surface area contributed by atoms with Crippen LogP contribution >= 0.6 is 0 Å². The van der Waals surface area contributed by atoms with Crippen molar-refractivity contribution in [1.29, 1.82) is 0 Å². The zero-order valence-corrected chi connectivity index (χ0v) is 12.2. The molecule has 0 radical (unpaired) electrons. The molecule has 124 valence electrons. The van der Waals surface area contributed by atoms with Gasteiger partial charge in [0.1, 0.15) is 18.3 Å². The molecule has 21 heavy (non-hydrogen) atoms. The van der Waals surface area contributed by atoms with Crippen LogP contribution in [0.3, 0.4) is 0 Å². The lowest BCUT2D eigenvalue weighted by atomic mass is 9.84. The van der Waals surface area contributed by atoms with Gasteiger partial charge in [0.25, 0.3) is 0 Å². The van der Waals surface area contributed by atoms with Crippen LogP contribution in [0.5, 0.6) is 0 Å². The summed E-state index contributed by atoms with van der Waals surface area (Å²) >= 11 is 0. The lowest BCUT2D eigenvalue weighted by Gasteiger charge is -2.43. The second-order valence-electron chi connectivity index (χ2n) is 6.19. The predicted octanol–water partition coefficient (Wildman–Crippen LogP) is -2.64. The molecule has 0 aromatic carbocycles. The van der Waals surface area contributed by atoms with E-state index in [-0.39, 0.29) is 12.1 Å². The van der Waals surface area contributed by atoms with Gasteiger partial charge in [0.15, 0.2) is 6.29 Å². The molecular weight excluding hydrogens is 278 g/mol. The minimum atomic E-state index is -1.21. The molecule has 1 unspecified atom stereocenters. The Labute approximate surface area is 124 Å². The Morgan fingerprint density at radius 1 is 1.10 bits per heavy atom. The molecule has 2 aliphatic rings. The smallest absolute Gasteiger partial charge is 0.184 e. The van der Waals surface area contributed by atoms with Crippen molar-refractivity contribution in [1.82, 2.24) is 0 Å². The number of nitrogens with two attached hydrogens (primary N) is 3. The van der Waals surface area contributed by atoms with Crippen molar-refractivity contribution in [2.45, 2.75) is 81.1 Å². The van der Waals surface area contributed by atoms with Crippen molar-refractivity contribution in [3.8, 4) is 0 Å². The summed E-state index contributed by atoms with van der Waals surface area (Å²) in [4.78, 5) is 0. The van der Waals surface area contributed by atoms with Gasteiger partial charge in [-0.15, -0.1) is 0 Å². The molecule has 0 aromatic rings. The fourth-order valence-electron chi connectivity index (χ4n) is 2.94. The van der Waals surface area contributed by atoms with Crippen LogP contribution in [0.15, 0.2) is 0 Å². The Morgan fingerprint density at radius 3 is 2.38 bits per heavy atom. The number of aliphatic hydroxyl groups excluding tert-OH is 3. The number of rotatable bonds is 3. The molecule has 9 atom stereocenters. The first-order chi connectivity index (χ1) is 9.81. The van der Waals surface area contributed by atoms with E-state index in [4.69, 9.17) is 26.7 Å². The summed E-state index contributed by atoms with van der Waals surface area (Å²) in [5.74, 6) is 0. The molecule has 0 spiro atoms. The van der Waals surface area contributed by atoms with Crippen molar-refractivity contribution in [3.05, 3.63) is 0 Å². The van der Waals surface area contributed by atoms with Crippen molar-refractivity contribution >= 4 is 0 Å². The first-order valence-electron chi connectivity index (χ1n) is 7.43. The van der Waals surface area contributed by atoms with E-state index >= 15 is 0 Å². The van der Waals surface area contributed by atoms with Gasteiger partial charge in [-0.3, -0.25) is 0 Å². The fraction of sp³-hybridized carbons (Fsp3) is 1.00. The lowest BCUT2D eigenvalue weighted by molar-refractivity contribution is -0.281. The van der Waals surface area contributed by atoms with Gasteiger partial charge in [-0.2, -0.15) is 0 Å². The summed E-state index contributed by atoms with van der Waals surface area (Å²) in [5.41, 5.74) is 17.5. The quantitative estimate of drug-likeness (QED) is 0.330. The first kappa shape index (κ1) is 17.0. The molecule has 1 saturated carbocycles. The van der Waals surface area contributed by atoms with Gasteiger partial charge >= 0.3 is 0 Å². The molecular formula is C13H27N3O5. The first-order valence-corrected chi connectivity index (χ1v) is 7.43. The minimum absolute atomic E-state index is 0.187. The van der Waals surface area contributed by atoms with Crippen LogP contribution in [-0.2, 0) is 9.47 Å². The predicted molar refractivity (Wildman–Crippen MR) is 75.0 cm³/mol. The van der Waals surface area contributed by atoms with Crippen LogP contribution in [-0.4, -0.2) is 70.3 Å². The third-order valence-corrected chi connectivity index (χ3v) is 4.34. The molecule has 0 amide bonds. The second-order valence-corrected chi connectivity index (χ2v) is 6.19. The van der Waals surface area contributed by atoms with Crippen molar-refractivity contribution in [2.75, 3.05) is 0 Å². The number of aliphatic hydroxyl groups is 3. The summed E-state index contributed by atoms with van der Waals surface area (Å²) < 4.78 is 11.3. The summed E-state index contributed by atoms with van der Waals surface area (Å²) in [6.45, 7) is 1.82. The zero-order chi connectivity index (χ0) is 15.7. The van der Waals surface area contributed by atoms with Gasteiger partial charge in [-0.25, -0.2) is 0 Å². The molecule has 1 aliphatic carbocycles. The molecule has 8 heteroatoms. The van der Waals surface area contributed by atoms with E-state index < -0.39 is 42.8 Å². The molecule has 1 saturated heterocycles. The van der Waals surface area contributed by atoms with Crippen LogP contribution in [0.1, 0.15) is 26.2 Å². The summed E-state index contributed by atoms with van der Waals surface area (Å²) in [7, 11) is 0. The molecule has 8 nitrogen and oxygen atoms in total. The van der Waals surface area contributed by atoms with Crippen molar-refractivity contribution in [2.24, 2.45) is 17.2 Å². The SMILES string of the molecule is C[C@@H](N)C1CC[C@H](O)[C@@H](O[C@H]2[C@H](O)[C@@H](O)[C@H](N)C[C@@H]2N)O1. The van der Waals surface area contributed by atoms with E-state index in [9.17, 15) is 15.3 Å².